The van der Waals surface area contributed by atoms with Crippen LogP contribution < -0.4 is 9.64 Å². The summed E-state index contributed by atoms with van der Waals surface area (Å²) < 4.78 is 32.7. The molecule has 0 spiro atoms. The van der Waals surface area contributed by atoms with Crippen LogP contribution >= 0.6 is 11.6 Å². The van der Waals surface area contributed by atoms with E-state index in [4.69, 9.17) is 16.3 Å². The summed E-state index contributed by atoms with van der Waals surface area (Å²) in [6.45, 7) is 2.15. The van der Waals surface area contributed by atoms with Gasteiger partial charge in [-0.3, -0.25) is 0 Å². The molecule has 1 heterocycles. The fraction of sp³-hybridized carbons (Fsp3) is 0.368. The molecular formula is C19H23ClN2O3S. The van der Waals surface area contributed by atoms with Crippen LogP contribution in [0.4, 0.5) is 5.69 Å². The third kappa shape index (κ3) is 3.98. The lowest BCUT2D eigenvalue weighted by molar-refractivity contribution is 0.378. The zero-order chi connectivity index (χ0) is 18.6. The van der Waals surface area contributed by atoms with E-state index in [1.54, 1.807) is 23.5 Å². The Morgan fingerprint density at radius 1 is 1.00 bits per heavy atom. The van der Waals surface area contributed by atoms with Crippen molar-refractivity contribution in [3.8, 4) is 5.75 Å². The number of aryl methyl sites for hydroxylation is 1. The third-order valence-corrected chi connectivity index (χ3v) is 6.71. The molecule has 7 heteroatoms. The average Bonchev–Trinajstić information content (AvgIpc) is 2.69. The SMILES string of the molecule is COc1ccccc1N1CCN(S(=O)(=O)c2ccc(CCCl)cc2)CC1. The Labute approximate surface area is 160 Å². The highest BCUT2D eigenvalue weighted by molar-refractivity contribution is 7.89. The van der Waals surface area contributed by atoms with E-state index in [0.717, 1.165) is 23.4 Å². The summed E-state index contributed by atoms with van der Waals surface area (Å²) in [6, 6.07) is 14.8. The number of alkyl halides is 1. The lowest BCUT2D eigenvalue weighted by Crippen LogP contribution is -2.48. The Kier molecular flexibility index (Phi) is 6.06. The Balaban J connectivity index is 1.70. The monoisotopic (exact) mass is 394 g/mol. The van der Waals surface area contributed by atoms with Crippen molar-refractivity contribution in [1.29, 1.82) is 0 Å². The summed E-state index contributed by atoms with van der Waals surface area (Å²) in [6.07, 6.45) is 0.736. The van der Waals surface area contributed by atoms with Gasteiger partial charge in [0.25, 0.3) is 0 Å². The number of halogens is 1. The van der Waals surface area contributed by atoms with Gasteiger partial charge in [0.05, 0.1) is 17.7 Å². The molecule has 5 nitrogen and oxygen atoms in total. The number of ether oxygens (including phenoxy) is 1. The minimum absolute atomic E-state index is 0.335. The van der Waals surface area contributed by atoms with E-state index in [1.807, 2.05) is 36.4 Å². The number of benzene rings is 2. The molecule has 0 saturated carbocycles. The maximum atomic E-state index is 12.9. The second kappa shape index (κ2) is 8.29. The standard InChI is InChI=1S/C19H23ClN2O3S/c1-25-19-5-3-2-4-18(19)21-12-14-22(15-13-21)26(23,24)17-8-6-16(7-9-17)10-11-20/h2-9H,10-15H2,1H3. The van der Waals surface area contributed by atoms with Crippen molar-refractivity contribution in [1.82, 2.24) is 4.31 Å². The predicted molar refractivity (Wildman–Crippen MR) is 105 cm³/mol. The number of nitrogens with zero attached hydrogens (tertiary/aromatic N) is 2. The van der Waals surface area contributed by atoms with Crippen molar-refractivity contribution in [3.05, 3.63) is 54.1 Å². The van der Waals surface area contributed by atoms with Crippen molar-refractivity contribution >= 4 is 27.3 Å². The number of methoxy groups -OCH3 is 1. The van der Waals surface area contributed by atoms with Crippen molar-refractivity contribution < 1.29 is 13.2 Å². The van der Waals surface area contributed by atoms with Gasteiger partial charge in [-0.15, -0.1) is 11.6 Å². The molecule has 2 aromatic carbocycles. The molecule has 0 aromatic heterocycles. The molecule has 0 N–H and O–H groups in total. The first-order valence-corrected chi connectivity index (χ1v) is 10.6. The molecule has 0 amide bonds. The van der Waals surface area contributed by atoms with Gasteiger partial charge in [-0.05, 0) is 36.2 Å². The first-order valence-electron chi connectivity index (χ1n) is 8.59. The zero-order valence-electron chi connectivity index (χ0n) is 14.8. The molecule has 0 aliphatic carbocycles. The Morgan fingerprint density at radius 3 is 2.27 bits per heavy atom. The van der Waals surface area contributed by atoms with Gasteiger partial charge in [-0.1, -0.05) is 24.3 Å². The molecule has 0 atom stereocenters. The van der Waals surface area contributed by atoms with Gasteiger partial charge in [0.15, 0.2) is 0 Å². The fourth-order valence-corrected chi connectivity index (χ4v) is 4.79. The van der Waals surface area contributed by atoms with Crippen LogP contribution in [0.25, 0.3) is 0 Å². The maximum absolute atomic E-state index is 12.9. The third-order valence-electron chi connectivity index (χ3n) is 4.61. The summed E-state index contributed by atoms with van der Waals surface area (Å²) in [7, 11) is -1.83. The van der Waals surface area contributed by atoms with E-state index in [-0.39, 0.29) is 0 Å². The quantitative estimate of drug-likeness (QED) is 0.707. The smallest absolute Gasteiger partial charge is 0.243 e. The molecule has 0 bridgehead atoms. The highest BCUT2D eigenvalue weighted by Crippen LogP contribution is 2.29. The second-order valence-corrected chi connectivity index (χ2v) is 8.46. The Bertz CT molecular complexity index is 832. The van der Waals surface area contributed by atoms with Crippen LogP contribution in [-0.4, -0.2) is 51.9 Å². The van der Waals surface area contributed by atoms with Crippen LogP contribution in [0.15, 0.2) is 53.4 Å². The first-order chi connectivity index (χ1) is 12.6. The van der Waals surface area contributed by atoms with Gasteiger partial charge in [0.1, 0.15) is 5.75 Å². The molecule has 1 saturated heterocycles. The Hall–Kier alpha value is -1.76. The van der Waals surface area contributed by atoms with Gasteiger partial charge in [0, 0.05) is 32.1 Å². The molecule has 0 radical (unpaired) electrons. The van der Waals surface area contributed by atoms with E-state index >= 15 is 0 Å². The molecule has 0 unspecified atom stereocenters. The van der Waals surface area contributed by atoms with Gasteiger partial charge >= 0.3 is 0 Å². The van der Waals surface area contributed by atoms with E-state index in [1.165, 1.54) is 0 Å². The van der Waals surface area contributed by atoms with Gasteiger partial charge in [-0.25, -0.2) is 8.42 Å². The molecule has 3 rings (SSSR count). The number of sulfonamides is 1. The summed E-state index contributed by atoms with van der Waals surface area (Å²) >= 11 is 5.73. The van der Waals surface area contributed by atoms with Crippen LogP contribution in [0.3, 0.4) is 0 Å². The van der Waals surface area contributed by atoms with Crippen molar-refractivity contribution in [2.75, 3.05) is 44.1 Å². The summed E-state index contributed by atoms with van der Waals surface area (Å²) in [5.41, 5.74) is 2.04. The highest BCUT2D eigenvalue weighted by atomic mass is 35.5. The van der Waals surface area contributed by atoms with Crippen LogP contribution in [0.2, 0.25) is 0 Å². The molecule has 1 fully saturated rings. The normalized spacial score (nSPS) is 15.8. The Morgan fingerprint density at radius 2 is 1.65 bits per heavy atom. The largest absolute Gasteiger partial charge is 0.495 e. The highest BCUT2D eigenvalue weighted by Gasteiger charge is 2.29. The van der Waals surface area contributed by atoms with E-state index in [2.05, 4.69) is 4.90 Å². The van der Waals surface area contributed by atoms with Crippen molar-refractivity contribution in [2.45, 2.75) is 11.3 Å². The predicted octanol–water partition coefficient (Wildman–Crippen LogP) is 2.99. The summed E-state index contributed by atoms with van der Waals surface area (Å²) in [5.74, 6) is 1.33. The minimum atomic E-state index is -3.47. The van der Waals surface area contributed by atoms with Crippen LogP contribution in [0, 0.1) is 0 Å². The zero-order valence-corrected chi connectivity index (χ0v) is 16.3. The molecular weight excluding hydrogens is 372 g/mol. The number of hydrogen-bond acceptors (Lipinski definition) is 4. The molecule has 1 aliphatic rings. The lowest BCUT2D eigenvalue weighted by Gasteiger charge is -2.35. The summed E-state index contributed by atoms with van der Waals surface area (Å²) in [4.78, 5) is 2.50. The van der Waals surface area contributed by atoms with E-state index in [0.29, 0.717) is 37.0 Å². The number of hydrogen-bond donors (Lipinski definition) is 0. The number of para-hydroxylation sites is 2. The molecule has 26 heavy (non-hydrogen) atoms. The lowest BCUT2D eigenvalue weighted by atomic mass is 10.2. The molecule has 1 aliphatic heterocycles. The topological polar surface area (TPSA) is 49.9 Å². The summed E-state index contributed by atoms with van der Waals surface area (Å²) in [5, 5.41) is 0. The van der Waals surface area contributed by atoms with Gasteiger partial charge in [-0.2, -0.15) is 4.31 Å². The van der Waals surface area contributed by atoms with E-state index < -0.39 is 10.0 Å². The average molecular weight is 395 g/mol. The molecule has 140 valence electrons. The maximum Gasteiger partial charge on any atom is 0.243 e. The van der Waals surface area contributed by atoms with Crippen LogP contribution in [0.1, 0.15) is 5.56 Å². The second-order valence-electron chi connectivity index (χ2n) is 6.15. The van der Waals surface area contributed by atoms with Crippen molar-refractivity contribution in [3.63, 3.8) is 0 Å². The number of anilines is 1. The van der Waals surface area contributed by atoms with E-state index in [9.17, 15) is 8.42 Å². The minimum Gasteiger partial charge on any atom is -0.495 e. The van der Waals surface area contributed by atoms with Crippen molar-refractivity contribution in [2.24, 2.45) is 0 Å². The van der Waals surface area contributed by atoms with Crippen LogP contribution in [-0.2, 0) is 16.4 Å². The van der Waals surface area contributed by atoms with Crippen LogP contribution in [0.5, 0.6) is 5.75 Å². The van der Waals surface area contributed by atoms with Gasteiger partial charge < -0.3 is 9.64 Å². The fourth-order valence-electron chi connectivity index (χ4n) is 3.15. The molecule has 2 aromatic rings. The number of piperazine rings is 1. The van der Waals surface area contributed by atoms with Gasteiger partial charge in [0.2, 0.25) is 10.0 Å². The first kappa shape index (κ1) is 19.0. The number of rotatable bonds is 6.